The van der Waals surface area contributed by atoms with Gasteiger partial charge in [-0.1, -0.05) is 33.8 Å². The molecule has 0 amide bonds. The van der Waals surface area contributed by atoms with Crippen LogP contribution in [-0.2, 0) is 16.1 Å². The quantitative estimate of drug-likeness (QED) is 0.674. The summed E-state index contributed by atoms with van der Waals surface area (Å²) < 4.78 is 16.3. The molecule has 0 saturated carbocycles. The highest BCUT2D eigenvalue weighted by atomic mass is 32.2. The summed E-state index contributed by atoms with van der Waals surface area (Å²) in [7, 11) is 1.60. The van der Waals surface area contributed by atoms with E-state index in [1.165, 1.54) is 0 Å². The zero-order valence-electron chi connectivity index (χ0n) is 14.1. The van der Waals surface area contributed by atoms with Crippen LogP contribution in [0, 0.1) is 0 Å². The molecule has 0 aliphatic rings. The van der Waals surface area contributed by atoms with Crippen LogP contribution in [0.4, 0.5) is 0 Å². The molecule has 0 heterocycles. The SMILES string of the molecule is CCCOc1ccc(COC(=O)CSC(C)(C)C)cc1OC. The minimum Gasteiger partial charge on any atom is -0.493 e. The molecule has 0 N–H and O–H groups in total. The minimum absolute atomic E-state index is 0.0561. The third-order valence-electron chi connectivity index (χ3n) is 2.71. The molecular weight excluding hydrogens is 300 g/mol. The summed E-state index contributed by atoms with van der Waals surface area (Å²) >= 11 is 1.58. The largest absolute Gasteiger partial charge is 0.493 e. The van der Waals surface area contributed by atoms with Crippen molar-refractivity contribution in [1.82, 2.24) is 0 Å². The highest BCUT2D eigenvalue weighted by molar-refractivity contribution is 8.01. The Morgan fingerprint density at radius 3 is 2.55 bits per heavy atom. The van der Waals surface area contributed by atoms with E-state index < -0.39 is 0 Å². The lowest BCUT2D eigenvalue weighted by Crippen LogP contribution is -2.15. The van der Waals surface area contributed by atoms with Gasteiger partial charge in [-0.05, 0) is 24.1 Å². The zero-order valence-corrected chi connectivity index (χ0v) is 14.9. The number of rotatable bonds is 8. The molecule has 1 rings (SSSR count). The number of thioether (sulfide) groups is 1. The average molecular weight is 326 g/mol. The topological polar surface area (TPSA) is 44.8 Å². The summed E-state index contributed by atoms with van der Waals surface area (Å²) in [5, 5.41) is 0. The summed E-state index contributed by atoms with van der Waals surface area (Å²) in [4.78, 5) is 11.7. The smallest absolute Gasteiger partial charge is 0.316 e. The van der Waals surface area contributed by atoms with E-state index >= 15 is 0 Å². The van der Waals surface area contributed by atoms with Crippen molar-refractivity contribution in [2.45, 2.75) is 45.5 Å². The predicted molar refractivity (Wildman–Crippen MR) is 90.8 cm³/mol. The lowest BCUT2D eigenvalue weighted by molar-refractivity contribution is -0.141. The van der Waals surface area contributed by atoms with E-state index in [0.717, 1.165) is 12.0 Å². The van der Waals surface area contributed by atoms with E-state index in [1.807, 2.05) is 18.2 Å². The lowest BCUT2D eigenvalue weighted by atomic mass is 10.2. The summed E-state index contributed by atoms with van der Waals surface area (Å²) in [6.07, 6.45) is 0.938. The Morgan fingerprint density at radius 1 is 1.23 bits per heavy atom. The standard InChI is InChI=1S/C17H26O4S/c1-6-9-20-14-8-7-13(10-15(14)19-5)11-21-16(18)12-22-17(2,3)4/h7-8,10H,6,9,11-12H2,1-5H3. The Bertz CT molecular complexity index is 480. The number of benzene rings is 1. The van der Waals surface area contributed by atoms with Gasteiger partial charge in [0, 0.05) is 4.75 Å². The molecule has 0 aliphatic carbocycles. The fraction of sp³-hybridized carbons (Fsp3) is 0.588. The summed E-state index contributed by atoms with van der Waals surface area (Å²) in [6.45, 7) is 9.17. The van der Waals surface area contributed by atoms with Crippen LogP contribution in [0.1, 0.15) is 39.7 Å². The van der Waals surface area contributed by atoms with Gasteiger partial charge in [0.2, 0.25) is 0 Å². The molecule has 1 aromatic rings. The Labute approximate surface area is 137 Å². The molecule has 5 heteroatoms. The van der Waals surface area contributed by atoms with Gasteiger partial charge in [-0.25, -0.2) is 0 Å². The van der Waals surface area contributed by atoms with Crippen molar-refractivity contribution in [1.29, 1.82) is 0 Å². The number of hydrogen-bond donors (Lipinski definition) is 0. The molecule has 0 bridgehead atoms. The van der Waals surface area contributed by atoms with E-state index in [1.54, 1.807) is 18.9 Å². The highest BCUT2D eigenvalue weighted by Gasteiger charge is 2.14. The summed E-state index contributed by atoms with van der Waals surface area (Å²) in [5.41, 5.74) is 0.884. The molecule has 22 heavy (non-hydrogen) atoms. The first-order chi connectivity index (χ1) is 10.4. The molecule has 124 valence electrons. The first-order valence-electron chi connectivity index (χ1n) is 7.45. The molecule has 0 aromatic heterocycles. The van der Waals surface area contributed by atoms with Crippen molar-refractivity contribution < 1.29 is 19.0 Å². The first-order valence-corrected chi connectivity index (χ1v) is 8.43. The van der Waals surface area contributed by atoms with E-state index in [4.69, 9.17) is 14.2 Å². The molecule has 0 spiro atoms. The highest BCUT2D eigenvalue weighted by Crippen LogP contribution is 2.28. The Kier molecular flexibility index (Phi) is 7.59. The normalized spacial score (nSPS) is 11.1. The monoisotopic (exact) mass is 326 g/mol. The van der Waals surface area contributed by atoms with Gasteiger partial charge in [0.25, 0.3) is 0 Å². The fourth-order valence-electron chi connectivity index (χ4n) is 1.61. The number of methoxy groups -OCH3 is 1. The molecular formula is C17H26O4S. The maximum absolute atomic E-state index is 11.7. The second-order valence-corrected chi connectivity index (χ2v) is 7.70. The van der Waals surface area contributed by atoms with Crippen molar-refractivity contribution in [3.05, 3.63) is 23.8 Å². The van der Waals surface area contributed by atoms with Gasteiger partial charge in [0.05, 0.1) is 19.5 Å². The number of esters is 1. The van der Waals surface area contributed by atoms with Crippen LogP contribution in [0.5, 0.6) is 11.5 Å². The van der Waals surface area contributed by atoms with Crippen LogP contribution in [0.15, 0.2) is 18.2 Å². The maximum atomic E-state index is 11.7. The van der Waals surface area contributed by atoms with Crippen LogP contribution in [0.2, 0.25) is 0 Å². The van der Waals surface area contributed by atoms with Crippen LogP contribution < -0.4 is 9.47 Å². The van der Waals surface area contributed by atoms with Crippen LogP contribution >= 0.6 is 11.8 Å². The van der Waals surface area contributed by atoms with Gasteiger partial charge in [0.15, 0.2) is 11.5 Å². The van der Waals surface area contributed by atoms with Gasteiger partial charge in [-0.3, -0.25) is 4.79 Å². The van der Waals surface area contributed by atoms with Crippen molar-refractivity contribution >= 4 is 17.7 Å². The average Bonchev–Trinajstić information content (AvgIpc) is 2.48. The molecule has 0 saturated heterocycles. The second kappa shape index (κ2) is 8.93. The number of ether oxygens (including phenoxy) is 3. The molecule has 0 fully saturated rings. The minimum atomic E-state index is -0.204. The van der Waals surface area contributed by atoms with E-state index in [2.05, 4.69) is 27.7 Å². The Balaban J connectivity index is 2.54. The van der Waals surface area contributed by atoms with E-state index in [0.29, 0.717) is 23.9 Å². The van der Waals surface area contributed by atoms with Crippen molar-refractivity contribution in [2.75, 3.05) is 19.5 Å². The van der Waals surface area contributed by atoms with Crippen molar-refractivity contribution in [3.63, 3.8) is 0 Å². The van der Waals surface area contributed by atoms with Crippen LogP contribution in [-0.4, -0.2) is 30.2 Å². The van der Waals surface area contributed by atoms with E-state index in [-0.39, 0.29) is 17.3 Å². The third-order valence-corrected chi connectivity index (χ3v) is 3.96. The maximum Gasteiger partial charge on any atom is 0.316 e. The van der Waals surface area contributed by atoms with Crippen molar-refractivity contribution in [3.8, 4) is 11.5 Å². The molecule has 1 aromatic carbocycles. The number of hydrogen-bond acceptors (Lipinski definition) is 5. The van der Waals surface area contributed by atoms with E-state index in [9.17, 15) is 4.79 Å². The van der Waals surface area contributed by atoms with Gasteiger partial charge < -0.3 is 14.2 Å². The Hall–Kier alpha value is -1.36. The van der Waals surface area contributed by atoms with Gasteiger partial charge in [0.1, 0.15) is 6.61 Å². The molecule has 0 aliphatic heterocycles. The number of carbonyl (C=O) groups excluding carboxylic acids is 1. The zero-order chi connectivity index (χ0) is 16.6. The van der Waals surface area contributed by atoms with Gasteiger partial charge in [-0.15, -0.1) is 11.8 Å². The first kappa shape index (κ1) is 18.7. The molecule has 0 atom stereocenters. The molecule has 4 nitrogen and oxygen atoms in total. The number of carbonyl (C=O) groups is 1. The molecule has 0 unspecified atom stereocenters. The van der Waals surface area contributed by atoms with Gasteiger partial charge >= 0.3 is 5.97 Å². The fourth-order valence-corrected chi connectivity index (χ4v) is 2.25. The van der Waals surface area contributed by atoms with Crippen molar-refractivity contribution in [2.24, 2.45) is 0 Å². The lowest BCUT2D eigenvalue weighted by Gasteiger charge is -2.16. The second-order valence-electron chi connectivity index (χ2n) is 5.90. The summed E-state index contributed by atoms with van der Waals surface area (Å²) in [6, 6.07) is 5.58. The third kappa shape index (κ3) is 7.07. The van der Waals surface area contributed by atoms with Crippen LogP contribution in [0.25, 0.3) is 0 Å². The Morgan fingerprint density at radius 2 is 1.95 bits per heavy atom. The summed E-state index contributed by atoms with van der Waals surface area (Å²) in [5.74, 6) is 1.53. The van der Waals surface area contributed by atoms with Crippen LogP contribution in [0.3, 0.4) is 0 Å². The van der Waals surface area contributed by atoms with Gasteiger partial charge in [-0.2, -0.15) is 0 Å². The predicted octanol–water partition coefficient (Wildman–Crippen LogP) is 4.06. The molecule has 0 radical (unpaired) electrons.